The minimum absolute atomic E-state index is 0.339. The predicted octanol–water partition coefficient (Wildman–Crippen LogP) is 1.36. The molecule has 0 aliphatic heterocycles. The van der Waals surface area contributed by atoms with Gasteiger partial charge in [0.1, 0.15) is 0 Å². The molecular weight excluding hydrogens is 198 g/mol. The summed E-state index contributed by atoms with van der Waals surface area (Å²) in [5.74, 6) is 0.787. The highest BCUT2D eigenvalue weighted by Crippen LogP contribution is 2.00. The molecule has 4 nitrogen and oxygen atoms in total. The Kier molecular flexibility index (Phi) is 3.88. The highest BCUT2D eigenvalue weighted by molar-refractivity contribution is 7.80. The maximum absolute atomic E-state index is 5.05. The zero-order valence-electron chi connectivity index (χ0n) is 8.63. The largest absolute Gasteiger partial charge is 0.361 e. The molecule has 0 amide bonds. The third-order valence-corrected chi connectivity index (χ3v) is 1.78. The molecule has 0 aromatic carbocycles. The summed E-state index contributed by atoms with van der Waals surface area (Å²) in [5, 5.41) is 10.5. The van der Waals surface area contributed by atoms with Crippen molar-refractivity contribution in [3.8, 4) is 0 Å². The Morgan fingerprint density at radius 1 is 1.64 bits per heavy atom. The molecule has 0 bridgehead atoms. The zero-order chi connectivity index (χ0) is 10.6. The van der Waals surface area contributed by atoms with Gasteiger partial charge in [0.15, 0.2) is 10.9 Å². The average Bonchev–Trinajstić information content (AvgIpc) is 2.47. The fraction of sp³-hybridized carbons (Fsp3) is 0.556. The van der Waals surface area contributed by atoms with Crippen LogP contribution in [0, 0.1) is 6.92 Å². The summed E-state index contributed by atoms with van der Waals surface area (Å²) in [4.78, 5) is 0. The Morgan fingerprint density at radius 3 is 2.86 bits per heavy atom. The molecule has 0 unspecified atom stereocenters. The number of aryl methyl sites for hydroxylation is 1. The van der Waals surface area contributed by atoms with E-state index in [9.17, 15) is 0 Å². The number of hydrogen-bond donors (Lipinski definition) is 2. The van der Waals surface area contributed by atoms with E-state index in [-0.39, 0.29) is 0 Å². The molecule has 0 aliphatic rings. The lowest BCUT2D eigenvalue weighted by Gasteiger charge is -2.11. The van der Waals surface area contributed by atoms with Crippen molar-refractivity contribution in [2.45, 2.75) is 33.4 Å². The number of hydrogen-bond acceptors (Lipinski definition) is 3. The molecule has 1 aromatic rings. The van der Waals surface area contributed by atoms with Crippen molar-refractivity contribution in [2.75, 3.05) is 0 Å². The lowest BCUT2D eigenvalue weighted by atomic mass is 10.4. The molecule has 78 valence electrons. The quantitative estimate of drug-likeness (QED) is 0.742. The van der Waals surface area contributed by atoms with Crippen molar-refractivity contribution >= 4 is 17.3 Å². The molecule has 1 aromatic heterocycles. The average molecular weight is 213 g/mol. The van der Waals surface area contributed by atoms with E-state index in [1.807, 2.05) is 26.8 Å². The Hall–Kier alpha value is -1.10. The van der Waals surface area contributed by atoms with Gasteiger partial charge in [0.05, 0.1) is 12.2 Å². The Balaban J connectivity index is 2.30. The van der Waals surface area contributed by atoms with Crippen LogP contribution in [-0.4, -0.2) is 16.3 Å². The fourth-order valence-electron chi connectivity index (χ4n) is 0.980. The summed E-state index contributed by atoms with van der Waals surface area (Å²) in [6, 6.07) is 2.22. The molecule has 0 atom stereocenters. The summed E-state index contributed by atoms with van der Waals surface area (Å²) >= 11 is 5.05. The van der Waals surface area contributed by atoms with Gasteiger partial charge in [-0.2, -0.15) is 0 Å². The number of nitrogens with zero attached hydrogens (tertiary/aromatic N) is 1. The highest BCUT2D eigenvalue weighted by atomic mass is 32.1. The molecule has 0 fully saturated rings. The van der Waals surface area contributed by atoms with Gasteiger partial charge in [-0.1, -0.05) is 5.16 Å². The molecule has 1 heterocycles. The molecule has 14 heavy (non-hydrogen) atoms. The minimum Gasteiger partial charge on any atom is -0.361 e. The first kappa shape index (κ1) is 11.0. The molecule has 0 spiro atoms. The van der Waals surface area contributed by atoms with Crippen molar-refractivity contribution in [1.82, 2.24) is 15.8 Å². The topological polar surface area (TPSA) is 50.1 Å². The second kappa shape index (κ2) is 4.95. The van der Waals surface area contributed by atoms with Crippen LogP contribution >= 0.6 is 12.2 Å². The summed E-state index contributed by atoms with van der Waals surface area (Å²) < 4.78 is 5.02. The number of aromatic nitrogens is 1. The van der Waals surface area contributed by atoms with Crippen LogP contribution in [0.15, 0.2) is 10.6 Å². The van der Waals surface area contributed by atoms with E-state index >= 15 is 0 Å². The number of nitrogens with one attached hydrogen (secondary N) is 2. The van der Waals surface area contributed by atoms with Gasteiger partial charge in [-0.05, 0) is 33.0 Å². The summed E-state index contributed by atoms with van der Waals surface area (Å²) in [6.07, 6.45) is 0. The van der Waals surface area contributed by atoms with E-state index in [1.54, 1.807) is 0 Å². The van der Waals surface area contributed by atoms with Crippen molar-refractivity contribution in [3.63, 3.8) is 0 Å². The van der Waals surface area contributed by atoms with Crippen LogP contribution in [0.3, 0.4) is 0 Å². The Labute approximate surface area is 89.0 Å². The molecule has 0 radical (unpaired) electrons. The molecule has 2 N–H and O–H groups in total. The van der Waals surface area contributed by atoms with E-state index in [2.05, 4.69) is 15.8 Å². The van der Waals surface area contributed by atoms with E-state index < -0.39 is 0 Å². The zero-order valence-corrected chi connectivity index (χ0v) is 9.44. The monoisotopic (exact) mass is 213 g/mol. The standard InChI is InChI=1S/C9H15N3OS/c1-6(2)11-9(14)10-5-8-4-7(3)12-13-8/h4,6H,5H2,1-3H3,(H2,10,11,14). The van der Waals surface area contributed by atoms with Crippen LogP contribution in [-0.2, 0) is 6.54 Å². The van der Waals surface area contributed by atoms with Crippen LogP contribution in [0.1, 0.15) is 25.3 Å². The molecule has 1 rings (SSSR count). The van der Waals surface area contributed by atoms with Gasteiger partial charge < -0.3 is 15.2 Å². The second-order valence-corrected chi connectivity index (χ2v) is 3.82. The highest BCUT2D eigenvalue weighted by Gasteiger charge is 2.02. The van der Waals surface area contributed by atoms with Gasteiger partial charge in [-0.25, -0.2) is 0 Å². The van der Waals surface area contributed by atoms with Crippen LogP contribution in [0.2, 0.25) is 0 Å². The summed E-state index contributed by atoms with van der Waals surface area (Å²) in [7, 11) is 0. The van der Waals surface area contributed by atoms with Crippen LogP contribution < -0.4 is 10.6 Å². The van der Waals surface area contributed by atoms with Gasteiger partial charge in [-0.3, -0.25) is 0 Å². The molecule has 5 heteroatoms. The van der Waals surface area contributed by atoms with Crippen molar-refractivity contribution < 1.29 is 4.52 Å². The molecule has 0 aliphatic carbocycles. The SMILES string of the molecule is Cc1cc(CNC(=S)NC(C)C)on1. The Bertz CT molecular complexity index is 309. The lowest BCUT2D eigenvalue weighted by molar-refractivity contribution is 0.376. The van der Waals surface area contributed by atoms with Crippen molar-refractivity contribution in [2.24, 2.45) is 0 Å². The second-order valence-electron chi connectivity index (χ2n) is 3.42. The van der Waals surface area contributed by atoms with E-state index in [1.165, 1.54) is 0 Å². The third kappa shape index (κ3) is 3.74. The first-order valence-electron chi connectivity index (χ1n) is 4.54. The minimum atomic E-state index is 0.339. The summed E-state index contributed by atoms with van der Waals surface area (Å²) in [6.45, 7) is 6.52. The van der Waals surface area contributed by atoms with Crippen LogP contribution in [0.4, 0.5) is 0 Å². The third-order valence-electron chi connectivity index (χ3n) is 1.52. The predicted molar refractivity (Wildman–Crippen MR) is 58.9 cm³/mol. The first-order valence-corrected chi connectivity index (χ1v) is 4.95. The van der Waals surface area contributed by atoms with Gasteiger partial charge in [0.2, 0.25) is 0 Å². The molecule has 0 saturated heterocycles. The molecule has 0 saturated carbocycles. The maximum atomic E-state index is 5.05. The van der Waals surface area contributed by atoms with E-state index in [0.717, 1.165) is 11.5 Å². The Morgan fingerprint density at radius 2 is 2.36 bits per heavy atom. The van der Waals surface area contributed by atoms with Crippen LogP contribution in [0.25, 0.3) is 0 Å². The lowest BCUT2D eigenvalue weighted by Crippen LogP contribution is -2.38. The molecular formula is C9H15N3OS. The maximum Gasteiger partial charge on any atom is 0.166 e. The van der Waals surface area contributed by atoms with Crippen molar-refractivity contribution in [1.29, 1.82) is 0 Å². The summed E-state index contributed by atoms with van der Waals surface area (Å²) in [5.41, 5.74) is 0.879. The van der Waals surface area contributed by atoms with Gasteiger partial charge in [0.25, 0.3) is 0 Å². The van der Waals surface area contributed by atoms with Gasteiger partial charge in [0, 0.05) is 12.1 Å². The normalized spacial score (nSPS) is 10.3. The van der Waals surface area contributed by atoms with Crippen molar-refractivity contribution in [3.05, 3.63) is 17.5 Å². The van der Waals surface area contributed by atoms with E-state index in [0.29, 0.717) is 17.7 Å². The fourth-order valence-corrected chi connectivity index (χ4v) is 1.29. The smallest absolute Gasteiger partial charge is 0.166 e. The number of thiocarbonyl (C=S) groups is 1. The van der Waals surface area contributed by atoms with Gasteiger partial charge >= 0.3 is 0 Å². The van der Waals surface area contributed by atoms with Crippen LogP contribution in [0.5, 0.6) is 0 Å². The first-order chi connectivity index (χ1) is 6.58. The number of rotatable bonds is 3. The van der Waals surface area contributed by atoms with Gasteiger partial charge in [-0.15, -0.1) is 0 Å². The van der Waals surface area contributed by atoms with E-state index in [4.69, 9.17) is 16.7 Å².